The number of para-hydroxylation sites is 1. The number of unbranched alkanes of at least 4 members (excludes halogenated alkanes) is 1. The number of nitrogens with two attached hydrogens (primary N) is 1. The van der Waals surface area contributed by atoms with Crippen LogP contribution in [0.3, 0.4) is 0 Å². The van der Waals surface area contributed by atoms with Crippen molar-refractivity contribution in [3.63, 3.8) is 0 Å². The fraction of sp³-hybridized carbons (Fsp3) is 0.412. The Labute approximate surface area is 257 Å². The van der Waals surface area contributed by atoms with E-state index < -0.39 is 17.9 Å². The minimum absolute atomic E-state index is 0.0644. The number of carboxylic acid groups (broad SMARTS) is 1. The molecule has 3 aromatic rings. The fourth-order valence-corrected chi connectivity index (χ4v) is 6.65. The van der Waals surface area contributed by atoms with E-state index in [9.17, 15) is 14.7 Å². The summed E-state index contributed by atoms with van der Waals surface area (Å²) in [5.74, 6) is 0.633. The van der Waals surface area contributed by atoms with Gasteiger partial charge < -0.3 is 34.7 Å². The molecule has 3 aliphatic rings. The first-order valence-corrected chi connectivity index (χ1v) is 15.3. The smallest absolute Gasteiger partial charge is 0.308 e. The van der Waals surface area contributed by atoms with Crippen LogP contribution in [0, 0.1) is 5.92 Å². The number of ether oxygens (including phenoxy) is 4. The van der Waals surface area contributed by atoms with Crippen LogP contribution >= 0.6 is 0 Å². The quantitative estimate of drug-likeness (QED) is 0.308. The van der Waals surface area contributed by atoms with Crippen molar-refractivity contribution in [1.82, 2.24) is 4.90 Å². The Morgan fingerprint density at radius 3 is 2.59 bits per heavy atom. The lowest BCUT2D eigenvalue weighted by Gasteiger charge is -2.30. The third kappa shape index (κ3) is 6.05. The molecule has 0 bridgehead atoms. The summed E-state index contributed by atoms with van der Waals surface area (Å²) < 4.78 is 22.4. The molecule has 6 rings (SSSR count). The number of fused-ring (bicyclic) bond motifs is 2. The summed E-state index contributed by atoms with van der Waals surface area (Å²) in [5, 5.41) is 10.6. The third-order valence-electron chi connectivity index (χ3n) is 8.88. The van der Waals surface area contributed by atoms with Crippen LogP contribution in [0.5, 0.6) is 23.0 Å². The molecule has 3 aromatic carbocycles. The Bertz CT molecular complexity index is 1510. The summed E-state index contributed by atoms with van der Waals surface area (Å²) in [6.45, 7) is 3.87. The third-order valence-corrected chi connectivity index (χ3v) is 8.88. The summed E-state index contributed by atoms with van der Waals surface area (Å²) >= 11 is 0. The van der Waals surface area contributed by atoms with Gasteiger partial charge in [-0.05, 0) is 66.3 Å². The lowest BCUT2D eigenvalue weighted by molar-refractivity contribution is -0.143. The average molecular weight is 602 g/mol. The lowest BCUT2D eigenvalue weighted by atomic mass is 9.83. The van der Waals surface area contributed by atoms with Crippen molar-refractivity contribution < 1.29 is 33.6 Å². The van der Waals surface area contributed by atoms with Crippen molar-refractivity contribution in [2.75, 3.05) is 38.1 Å². The number of aliphatic carboxylic acids is 1. The van der Waals surface area contributed by atoms with E-state index in [1.807, 2.05) is 65.6 Å². The molecular formula is C34H39N3O7. The van der Waals surface area contributed by atoms with Crippen LogP contribution in [0.4, 0.5) is 5.69 Å². The molecule has 3 aliphatic heterocycles. The van der Waals surface area contributed by atoms with Gasteiger partial charge in [0.25, 0.3) is 0 Å². The van der Waals surface area contributed by atoms with E-state index in [0.29, 0.717) is 55.5 Å². The second kappa shape index (κ2) is 13.2. The van der Waals surface area contributed by atoms with Gasteiger partial charge in [-0.3, -0.25) is 14.5 Å². The number of aryl methyl sites for hydroxylation is 1. The van der Waals surface area contributed by atoms with Crippen molar-refractivity contribution in [3.05, 3.63) is 77.4 Å². The van der Waals surface area contributed by atoms with E-state index in [1.165, 1.54) is 0 Å². The van der Waals surface area contributed by atoms with Gasteiger partial charge in [0.2, 0.25) is 19.5 Å². The van der Waals surface area contributed by atoms with Gasteiger partial charge in [0.1, 0.15) is 0 Å². The summed E-state index contributed by atoms with van der Waals surface area (Å²) in [4.78, 5) is 31.0. The molecule has 3 N–H and O–H groups in total. The van der Waals surface area contributed by atoms with Crippen LogP contribution in [-0.4, -0.2) is 61.1 Å². The molecule has 10 heteroatoms. The molecule has 3 heterocycles. The number of anilines is 1. The van der Waals surface area contributed by atoms with E-state index in [4.69, 9.17) is 24.7 Å². The fourth-order valence-electron chi connectivity index (χ4n) is 6.65. The van der Waals surface area contributed by atoms with Crippen molar-refractivity contribution in [2.45, 2.75) is 51.1 Å². The predicted molar refractivity (Wildman–Crippen MR) is 164 cm³/mol. The second-order valence-electron chi connectivity index (χ2n) is 11.5. The first-order chi connectivity index (χ1) is 21.5. The Balaban J connectivity index is 1.31. The molecule has 0 radical (unpaired) electrons. The van der Waals surface area contributed by atoms with Gasteiger partial charge in [0, 0.05) is 37.3 Å². The summed E-state index contributed by atoms with van der Waals surface area (Å²) in [6, 6.07) is 18.8. The maximum absolute atomic E-state index is 14.1. The predicted octanol–water partition coefficient (Wildman–Crippen LogP) is 4.54. The molecule has 1 amide bonds. The van der Waals surface area contributed by atoms with Gasteiger partial charge in [-0.25, -0.2) is 0 Å². The molecule has 10 nitrogen and oxygen atoms in total. The van der Waals surface area contributed by atoms with E-state index in [-0.39, 0.29) is 32.0 Å². The minimum Gasteiger partial charge on any atom is -0.481 e. The van der Waals surface area contributed by atoms with Crippen molar-refractivity contribution in [1.29, 1.82) is 0 Å². The molecule has 232 valence electrons. The molecule has 1 fully saturated rings. The number of carbonyl (C=O) groups is 2. The molecule has 0 saturated carbocycles. The maximum atomic E-state index is 14.1. The highest BCUT2D eigenvalue weighted by atomic mass is 16.7. The summed E-state index contributed by atoms with van der Waals surface area (Å²) in [5.41, 5.74) is 9.49. The normalized spacial score (nSPS) is 20.2. The molecule has 0 aromatic heterocycles. The number of benzene rings is 3. The zero-order valence-electron chi connectivity index (χ0n) is 24.9. The Hall–Kier alpha value is -4.28. The molecule has 0 aliphatic carbocycles. The number of carbonyl (C=O) groups excluding carboxylic acids is 1. The molecular weight excluding hydrogens is 562 g/mol. The van der Waals surface area contributed by atoms with Gasteiger partial charge in [-0.2, -0.15) is 0 Å². The Morgan fingerprint density at radius 2 is 1.77 bits per heavy atom. The molecule has 1 saturated heterocycles. The standard InChI is InChI=1S/C34H39N3O7/c1-2-3-14-37(25-8-4-6-22(15-25)17-35)31(38)19-36-18-26(24-11-13-28-30(16-24)43-20-41-28)32(34(39)40)27(36)12-10-23-7-5-9-29-33(23)44-21-42-29/h4-9,11,13,15-16,26-27,32H,2-3,10,12,14,17-21,35H2,1H3,(H,39,40). The number of hydrogen-bond acceptors (Lipinski definition) is 8. The Morgan fingerprint density at radius 1 is 0.977 bits per heavy atom. The number of likely N-dealkylation sites (tertiary alicyclic amines) is 1. The monoisotopic (exact) mass is 601 g/mol. The first kappa shape index (κ1) is 29.8. The number of nitrogens with zero attached hydrogens (tertiary/aromatic N) is 2. The van der Waals surface area contributed by atoms with E-state index >= 15 is 0 Å². The van der Waals surface area contributed by atoms with Crippen molar-refractivity contribution in [3.8, 4) is 23.0 Å². The molecule has 0 spiro atoms. The number of hydrogen-bond donors (Lipinski definition) is 2. The molecule has 3 unspecified atom stereocenters. The van der Waals surface area contributed by atoms with Crippen LogP contribution in [0.15, 0.2) is 60.7 Å². The number of carboxylic acids is 1. The van der Waals surface area contributed by atoms with E-state index in [1.54, 1.807) is 0 Å². The zero-order chi connectivity index (χ0) is 30.6. The van der Waals surface area contributed by atoms with Crippen molar-refractivity contribution >= 4 is 17.6 Å². The van der Waals surface area contributed by atoms with Gasteiger partial charge in [0.05, 0.1) is 12.5 Å². The van der Waals surface area contributed by atoms with Crippen LogP contribution < -0.4 is 29.6 Å². The topological polar surface area (TPSA) is 124 Å². The van der Waals surface area contributed by atoms with Gasteiger partial charge in [-0.1, -0.05) is 43.7 Å². The van der Waals surface area contributed by atoms with Crippen LogP contribution in [0.25, 0.3) is 0 Å². The SMILES string of the molecule is CCCCN(C(=O)CN1CC(c2ccc3c(c2)OCO3)C(C(=O)O)C1CCc1cccc2c1OCO2)c1cccc(CN)c1. The van der Waals surface area contributed by atoms with Crippen LogP contribution in [0.1, 0.15) is 48.8 Å². The highest BCUT2D eigenvalue weighted by molar-refractivity contribution is 5.95. The van der Waals surface area contributed by atoms with Crippen LogP contribution in [0.2, 0.25) is 0 Å². The molecule has 3 atom stereocenters. The highest BCUT2D eigenvalue weighted by Crippen LogP contribution is 2.44. The average Bonchev–Trinajstić information content (AvgIpc) is 3.79. The van der Waals surface area contributed by atoms with Crippen molar-refractivity contribution in [2.24, 2.45) is 11.7 Å². The minimum atomic E-state index is -0.885. The van der Waals surface area contributed by atoms with Gasteiger partial charge >= 0.3 is 5.97 Å². The van der Waals surface area contributed by atoms with Gasteiger partial charge in [0.15, 0.2) is 23.0 Å². The Kier molecular flexibility index (Phi) is 8.90. The maximum Gasteiger partial charge on any atom is 0.308 e. The summed E-state index contributed by atoms with van der Waals surface area (Å²) in [7, 11) is 0. The summed E-state index contributed by atoms with van der Waals surface area (Å²) in [6.07, 6.45) is 2.90. The number of amides is 1. The second-order valence-corrected chi connectivity index (χ2v) is 11.5. The van der Waals surface area contributed by atoms with Gasteiger partial charge in [-0.15, -0.1) is 0 Å². The van der Waals surface area contributed by atoms with E-state index in [2.05, 4.69) is 11.8 Å². The van der Waals surface area contributed by atoms with Crippen LogP contribution in [-0.2, 0) is 22.6 Å². The lowest BCUT2D eigenvalue weighted by Crippen LogP contribution is -2.44. The highest BCUT2D eigenvalue weighted by Gasteiger charge is 2.47. The largest absolute Gasteiger partial charge is 0.481 e. The number of rotatable bonds is 12. The zero-order valence-corrected chi connectivity index (χ0v) is 24.9. The molecule has 44 heavy (non-hydrogen) atoms. The van der Waals surface area contributed by atoms with E-state index in [0.717, 1.165) is 35.2 Å². The first-order valence-electron chi connectivity index (χ1n) is 15.3.